The van der Waals surface area contributed by atoms with Crippen molar-refractivity contribution in [2.75, 3.05) is 5.73 Å². The summed E-state index contributed by atoms with van der Waals surface area (Å²) in [5, 5.41) is 1.33. The van der Waals surface area contributed by atoms with E-state index >= 15 is 0 Å². The Hall–Kier alpha value is -1.70. The predicted octanol–water partition coefficient (Wildman–Crippen LogP) is 3.45. The second-order valence-corrected chi connectivity index (χ2v) is 4.92. The van der Waals surface area contributed by atoms with Crippen LogP contribution in [0.25, 0.3) is 17.0 Å². The lowest BCUT2D eigenvalue weighted by molar-refractivity contribution is 0.646. The summed E-state index contributed by atoms with van der Waals surface area (Å²) in [6.07, 6.45) is 5.71. The number of hydrogen-bond donors (Lipinski definition) is 1. The highest BCUT2D eigenvalue weighted by Crippen LogP contribution is 2.33. The van der Waals surface area contributed by atoms with E-state index in [1.807, 2.05) is 6.07 Å². The number of nitrogens with zero attached hydrogens (tertiary/aromatic N) is 1. The first-order valence-corrected chi connectivity index (χ1v) is 6.29. The Morgan fingerprint density at radius 1 is 1.41 bits per heavy atom. The lowest BCUT2D eigenvalue weighted by Crippen LogP contribution is -2.08. The Balaban J connectivity index is 2.37. The summed E-state index contributed by atoms with van der Waals surface area (Å²) in [7, 11) is 0. The first kappa shape index (κ1) is 10.5. The van der Waals surface area contributed by atoms with Gasteiger partial charge in [-0.1, -0.05) is 25.1 Å². The minimum atomic E-state index is 0.634. The molecular weight excluding hydrogens is 208 g/mol. The van der Waals surface area contributed by atoms with Gasteiger partial charge in [0.1, 0.15) is 0 Å². The number of fused-ring (bicyclic) bond motifs is 3. The second kappa shape index (κ2) is 3.66. The molecule has 2 N–H and O–H groups in total. The highest BCUT2D eigenvalue weighted by atomic mass is 15.0. The van der Waals surface area contributed by atoms with E-state index in [9.17, 15) is 0 Å². The average molecular weight is 226 g/mol. The summed E-state index contributed by atoms with van der Waals surface area (Å²) < 4.78 is 2.40. The molecule has 1 aromatic heterocycles. The van der Waals surface area contributed by atoms with E-state index in [0.29, 0.717) is 5.92 Å². The summed E-state index contributed by atoms with van der Waals surface area (Å²) >= 11 is 0. The van der Waals surface area contributed by atoms with Crippen LogP contribution in [0.3, 0.4) is 0 Å². The lowest BCUT2D eigenvalue weighted by Gasteiger charge is -2.15. The molecule has 2 heteroatoms. The van der Waals surface area contributed by atoms with Crippen LogP contribution in [0, 0.1) is 5.92 Å². The lowest BCUT2D eigenvalue weighted by atomic mass is 9.95. The third-order valence-electron chi connectivity index (χ3n) is 3.66. The molecule has 17 heavy (non-hydrogen) atoms. The molecule has 2 nitrogen and oxygen atoms in total. The Morgan fingerprint density at radius 3 is 3.00 bits per heavy atom. The highest BCUT2D eigenvalue weighted by molar-refractivity contribution is 5.93. The van der Waals surface area contributed by atoms with Gasteiger partial charge in [0, 0.05) is 28.9 Å². The van der Waals surface area contributed by atoms with Crippen molar-refractivity contribution < 1.29 is 0 Å². The van der Waals surface area contributed by atoms with E-state index in [1.54, 1.807) is 0 Å². The molecule has 0 spiro atoms. The van der Waals surface area contributed by atoms with E-state index in [1.165, 1.54) is 22.2 Å². The van der Waals surface area contributed by atoms with Crippen LogP contribution in [0.1, 0.15) is 25.1 Å². The van der Waals surface area contributed by atoms with Crippen molar-refractivity contribution in [3.63, 3.8) is 0 Å². The smallest absolute Gasteiger partial charge is 0.0509 e. The van der Waals surface area contributed by atoms with Crippen molar-refractivity contribution in [3.8, 4) is 0 Å². The summed E-state index contributed by atoms with van der Waals surface area (Å²) in [5.74, 6) is 0.634. The molecule has 1 aromatic carbocycles. The van der Waals surface area contributed by atoms with Crippen LogP contribution in [-0.4, -0.2) is 4.57 Å². The summed E-state index contributed by atoms with van der Waals surface area (Å²) in [6, 6.07) is 6.24. The fourth-order valence-electron chi connectivity index (χ4n) is 2.85. The summed E-state index contributed by atoms with van der Waals surface area (Å²) in [5.41, 5.74) is 10.9. The van der Waals surface area contributed by atoms with Crippen LogP contribution in [0.2, 0.25) is 0 Å². The van der Waals surface area contributed by atoms with Crippen LogP contribution in [-0.2, 0) is 13.0 Å². The van der Waals surface area contributed by atoms with Gasteiger partial charge in [-0.05, 0) is 31.4 Å². The van der Waals surface area contributed by atoms with Gasteiger partial charge in [-0.3, -0.25) is 0 Å². The van der Waals surface area contributed by atoms with E-state index < -0.39 is 0 Å². The maximum absolute atomic E-state index is 5.90. The molecule has 1 atom stereocenters. The summed E-state index contributed by atoms with van der Waals surface area (Å²) in [4.78, 5) is 0. The molecule has 0 fully saturated rings. The van der Waals surface area contributed by atoms with Crippen molar-refractivity contribution in [3.05, 3.63) is 35.5 Å². The van der Waals surface area contributed by atoms with Crippen LogP contribution in [0.5, 0.6) is 0 Å². The average Bonchev–Trinajstić information content (AvgIpc) is 2.60. The molecule has 1 aliphatic carbocycles. The number of rotatable bonds is 1. The van der Waals surface area contributed by atoms with E-state index in [4.69, 9.17) is 5.73 Å². The van der Waals surface area contributed by atoms with Gasteiger partial charge in [0.05, 0.1) is 5.52 Å². The zero-order valence-electron chi connectivity index (χ0n) is 10.4. The number of benzene rings is 1. The molecule has 0 saturated heterocycles. The van der Waals surface area contributed by atoms with Crippen LogP contribution >= 0.6 is 0 Å². The first-order chi connectivity index (χ1) is 8.20. The van der Waals surface area contributed by atoms with E-state index in [2.05, 4.69) is 42.7 Å². The zero-order chi connectivity index (χ0) is 12.0. The minimum Gasteiger partial charge on any atom is -0.399 e. The van der Waals surface area contributed by atoms with Gasteiger partial charge in [-0.25, -0.2) is 0 Å². The van der Waals surface area contributed by atoms with Crippen molar-refractivity contribution >= 4 is 22.7 Å². The normalized spacial score (nSPS) is 18.6. The molecule has 0 bridgehead atoms. The van der Waals surface area contributed by atoms with Gasteiger partial charge in [-0.15, -0.1) is 0 Å². The molecular formula is C15H18N2. The number of anilines is 1. The van der Waals surface area contributed by atoms with Crippen molar-refractivity contribution in [1.29, 1.82) is 0 Å². The Labute approximate surface area is 102 Å². The molecule has 0 aliphatic heterocycles. The standard InChI is InChI=1S/C15H18N2/c1-3-17-14-8-10(2)4-6-12(14)13-7-5-11(16)9-15(13)17/h4-7,9-10H,3,8,16H2,1-2H3. The fraction of sp³-hybridized carbons (Fsp3) is 0.333. The third kappa shape index (κ3) is 1.47. The number of nitrogen functional groups attached to an aromatic ring is 1. The first-order valence-electron chi connectivity index (χ1n) is 6.29. The maximum Gasteiger partial charge on any atom is 0.0509 e. The van der Waals surface area contributed by atoms with Gasteiger partial charge in [0.2, 0.25) is 0 Å². The van der Waals surface area contributed by atoms with Gasteiger partial charge in [0.15, 0.2) is 0 Å². The van der Waals surface area contributed by atoms with E-state index in [-0.39, 0.29) is 0 Å². The maximum atomic E-state index is 5.90. The number of aromatic nitrogens is 1. The van der Waals surface area contributed by atoms with Gasteiger partial charge in [0.25, 0.3) is 0 Å². The molecule has 3 rings (SSSR count). The largest absolute Gasteiger partial charge is 0.399 e. The van der Waals surface area contributed by atoms with Crippen LogP contribution in [0.4, 0.5) is 5.69 Å². The van der Waals surface area contributed by atoms with Crippen molar-refractivity contribution in [2.45, 2.75) is 26.8 Å². The van der Waals surface area contributed by atoms with Crippen LogP contribution < -0.4 is 5.73 Å². The molecule has 0 amide bonds. The summed E-state index contributed by atoms with van der Waals surface area (Å²) in [6.45, 7) is 5.48. The molecule has 0 saturated carbocycles. The highest BCUT2D eigenvalue weighted by Gasteiger charge is 2.19. The monoisotopic (exact) mass is 226 g/mol. The SMILES string of the molecule is CCn1c2c(c3ccc(N)cc31)C=CC(C)C2. The molecule has 1 unspecified atom stereocenters. The minimum absolute atomic E-state index is 0.634. The molecule has 1 aliphatic rings. The Morgan fingerprint density at radius 2 is 2.24 bits per heavy atom. The number of hydrogen-bond acceptors (Lipinski definition) is 1. The van der Waals surface area contributed by atoms with Gasteiger partial charge < -0.3 is 10.3 Å². The number of nitrogens with two attached hydrogens (primary N) is 1. The van der Waals surface area contributed by atoms with Crippen LogP contribution in [0.15, 0.2) is 24.3 Å². The molecule has 88 valence electrons. The van der Waals surface area contributed by atoms with Gasteiger partial charge >= 0.3 is 0 Å². The van der Waals surface area contributed by atoms with E-state index in [0.717, 1.165) is 18.7 Å². The molecule has 2 aromatic rings. The molecule has 1 heterocycles. The second-order valence-electron chi connectivity index (χ2n) is 4.92. The van der Waals surface area contributed by atoms with Crippen molar-refractivity contribution in [1.82, 2.24) is 4.57 Å². The zero-order valence-corrected chi connectivity index (χ0v) is 10.4. The van der Waals surface area contributed by atoms with Crippen molar-refractivity contribution in [2.24, 2.45) is 5.92 Å². The third-order valence-corrected chi connectivity index (χ3v) is 3.66. The Bertz CT molecular complexity index is 605. The Kier molecular flexibility index (Phi) is 2.25. The number of aryl methyl sites for hydroxylation is 1. The molecule has 0 radical (unpaired) electrons. The number of allylic oxidation sites excluding steroid dienone is 1. The predicted molar refractivity (Wildman–Crippen MR) is 73.9 cm³/mol. The van der Waals surface area contributed by atoms with Gasteiger partial charge in [-0.2, -0.15) is 0 Å². The quantitative estimate of drug-likeness (QED) is 0.742. The topological polar surface area (TPSA) is 30.9 Å². The fourth-order valence-corrected chi connectivity index (χ4v) is 2.85.